The number of aromatic nitrogens is 1. The average Bonchev–Trinajstić information content (AvgIpc) is 3.26. The number of benzene rings is 1. The van der Waals surface area contributed by atoms with Crippen LogP contribution in [0.5, 0.6) is 17.4 Å². The van der Waals surface area contributed by atoms with Crippen LogP contribution in [-0.2, 0) is 15.0 Å². The summed E-state index contributed by atoms with van der Waals surface area (Å²) >= 11 is 0. The zero-order valence-corrected chi connectivity index (χ0v) is 16.2. The lowest BCUT2D eigenvalue weighted by atomic mass is 9.92. The number of pyridine rings is 1. The molecule has 1 aromatic carbocycles. The Kier molecular flexibility index (Phi) is 3.42. The molecule has 0 atom stereocenters. The highest BCUT2D eigenvalue weighted by Crippen LogP contribution is 2.59. The van der Waals surface area contributed by atoms with Crippen molar-refractivity contribution in [2.24, 2.45) is 5.41 Å². The van der Waals surface area contributed by atoms with Crippen molar-refractivity contribution in [1.29, 1.82) is 0 Å². The highest BCUT2D eigenvalue weighted by Gasteiger charge is 2.53. The van der Waals surface area contributed by atoms with Gasteiger partial charge >= 0.3 is 0 Å². The third kappa shape index (κ3) is 2.44. The summed E-state index contributed by atoms with van der Waals surface area (Å²) in [5, 5.41) is 0. The van der Waals surface area contributed by atoms with Crippen LogP contribution in [0.2, 0.25) is 0 Å². The molecule has 1 saturated heterocycles. The van der Waals surface area contributed by atoms with Gasteiger partial charge in [-0.05, 0) is 37.5 Å². The first-order chi connectivity index (χ1) is 13.3. The maximum atomic E-state index is 12.5. The molecular weight excluding hydrogens is 356 g/mol. The standard InChI is InChI=1S/C22H22N2O4/c1-13-4-6-15(18-19(13)27-12-22(18)8-9-22)28-16-7-5-14(11-23-16)24-17(25)10-21(2,3)20(24)26/h4-7,11H,8-10,12H2,1-3H3. The lowest BCUT2D eigenvalue weighted by Gasteiger charge is -2.18. The molecule has 2 aromatic rings. The maximum Gasteiger partial charge on any atom is 0.239 e. The normalized spacial score (nSPS) is 21.0. The Balaban J connectivity index is 1.43. The second-order valence-electron chi connectivity index (χ2n) is 8.71. The zero-order valence-electron chi connectivity index (χ0n) is 16.2. The van der Waals surface area contributed by atoms with Gasteiger partial charge in [-0.3, -0.25) is 9.59 Å². The fourth-order valence-electron chi connectivity index (χ4n) is 4.16. The number of rotatable bonds is 3. The molecule has 3 aliphatic rings. The molecule has 144 valence electrons. The summed E-state index contributed by atoms with van der Waals surface area (Å²) < 4.78 is 12.0. The van der Waals surface area contributed by atoms with E-state index in [1.54, 1.807) is 26.0 Å². The van der Waals surface area contributed by atoms with E-state index in [4.69, 9.17) is 9.47 Å². The van der Waals surface area contributed by atoms with Gasteiger partial charge in [0.25, 0.3) is 0 Å². The molecule has 28 heavy (non-hydrogen) atoms. The Hall–Kier alpha value is -2.89. The number of hydrogen-bond acceptors (Lipinski definition) is 5. The minimum atomic E-state index is -0.673. The quantitative estimate of drug-likeness (QED) is 0.758. The summed E-state index contributed by atoms with van der Waals surface area (Å²) in [5.41, 5.74) is 2.15. The van der Waals surface area contributed by atoms with Crippen molar-refractivity contribution < 1.29 is 19.1 Å². The largest absolute Gasteiger partial charge is 0.492 e. The van der Waals surface area contributed by atoms with Crippen LogP contribution in [0.25, 0.3) is 0 Å². The summed E-state index contributed by atoms with van der Waals surface area (Å²) in [6, 6.07) is 7.36. The highest BCUT2D eigenvalue weighted by molar-refractivity contribution is 6.22. The molecule has 0 radical (unpaired) electrons. The van der Waals surface area contributed by atoms with Crippen molar-refractivity contribution in [2.75, 3.05) is 11.5 Å². The van der Waals surface area contributed by atoms with Gasteiger partial charge in [-0.15, -0.1) is 0 Å². The van der Waals surface area contributed by atoms with Crippen LogP contribution in [0.4, 0.5) is 5.69 Å². The third-order valence-corrected chi connectivity index (χ3v) is 6.01. The molecular formula is C22H22N2O4. The smallest absolute Gasteiger partial charge is 0.239 e. The first-order valence-electron chi connectivity index (χ1n) is 9.59. The number of ether oxygens (including phenoxy) is 2. The molecule has 1 aromatic heterocycles. The molecule has 2 aliphatic heterocycles. The second kappa shape index (κ2) is 5.56. The van der Waals surface area contributed by atoms with Crippen molar-refractivity contribution in [3.63, 3.8) is 0 Å². The minimum Gasteiger partial charge on any atom is -0.492 e. The number of aryl methyl sites for hydroxylation is 1. The summed E-state index contributed by atoms with van der Waals surface area (Å²) in [5.74, 6) is 1.73. The van der Waals surface area contributed by atoms with E-state index in [-0.39, 0.29) is 23.7 Å². The van der Waals surface area contributed by atoms with E-state index in [0.717, 1.165) is 35.5 Å². The van der Waals surface area contributed by atoms with Gasteiger partial charge in [-0.25, -0.2) is 9.88 Å². The van der Waals surface area contributed by atoms with E-state index in [2.05, 4.69) is 4.98 Å². The molecule has 2 amide bonds. The topological polar surface area (TPSA) is 68.7 Å². The molecule has 5 rings (SSSR count). The van der Waals surface area contributed by atoms with Gasteiger partial charge in [-0.2, -0.15) is 0 Å². The monoisotopic (exact) mass is 378 g/mol. The fourth-order valence-corrected chi connectivity index (χ4v) is 4.16. The summed E-state index contributed by atoms with van der Waals surface area (Å²) in [7, 11) is 0. The van der Waals surface area contributed by atoms with Crippen LogP contribution >= 0.6 is 0 Å². The number of carbonyl (C=O) groups excluding carboxylic acids is 2. The van der Waals surface area contributed by atoms with E-state index >= 15 is 0 Å². The third-order valence-electron chi connectivity index (χ3n) is 6.01. The zero-order chi connectivity index (χ0) is 19.7. The maximum absolute atomic E-state index is 12.5. The van der Waals surface area contributed by atoms with Crippen molar-refractivity contribution >= 4 is 17.5 Å². The average molecular weight is 378 g/mol. The van der Waals surface area contributed by atoms with Crippen LogP contribution in [0.3, 0.4) is 0 Å². The molecule has 1 saturated carbocycles. The van der Waals surface area contributed by atoms with E-state index < -0.39 is 5.41 Å². The van der Waals surface area contributed by atoms with E-state index in [1.165, 1.54) is 11.1 Å². The van der Waals surface area contributed by atoms with Gasteiger partial charge in [-0.1, -0.05) is 19.9 Å². The number of anilines is 1. The predicted octanol–water partition coefficient (Wildman–Crippen LogP) is 3.90. The lowest BCUT2D eigenvalue weighted by Crippen LogP contribution is -2.32. The van der Waals surface area contributed by atoms with Crippen molar-refractivity contribution in [2.45, 2.75) is 45.4 Å². The predicted molar refractivity (Wildman–Crippen MR) is 103 cm³/mol. The molecule has 1 aliphatic carbocycles. The van der Waals surface area contributed by atoms with Crippen LogP contribution in [0.15, 0.2) is 30.5 Å². The molecule has 0 unspecified atom stereocenters. The summed E-state index contributed by atoms with van der Waals surface area (Å²) in [4.78, 5) is 30.3. The minimum absolute atomic E-state index is 0.0938. The molecule has 6 heteroatoms. The number of amides is 2. The summed E-state index contributed by atoms with van der Waals surface area (Å²) in [6.45, 7) is 6.32. The Morgan fingerprint density at radius 3 is 2.54 bits per heavy atom. The van der Waals surface area contributed by atoms with Gasteiger partial charge in [0.2, 0.25) is 17.7 Å². The highest BCUT2D eigenvalue weighted by atomic mass is 16.5. The first-order valence-corrected chi connectivity index (χ1v) is 9.59. The van der Waals surface area contributed by atoms with Crippen molar-refractivity contribution in [3.05, 3.63) is 41.6 Å². The number of fused-ring (bicyclic) bond motifs is 2. The molecule has 2 fully saturated rings. The van der Waals surface area contributed by atoms with Crippen LogP contribution < -0.4 is 14.4 Å². The SMILES string of the molecule is Cc1ccc(Oc2ccc(N3C(=O)CC(C)(C)C3=O)cn2)c2c1OCC21CC1. The summed E-state index contributed by atoms with van der Waals surface area (Å²) in [6.07, 6.45) is 3.95. The lowest BCUT2D eigenvalue weighted by molar-refractivity contribution is -0.124. The van der Waals surface area contributed by atoms with Gasteiger partial charge in [0, 0.05) is 23.5 Å². The molecule has 0 bridgehead atoms. The molecule has 3 heterocycles. The van der Waals surface area contributed by atoms with Crippen LogP contribution in [0, 0.1) is 12.3 Å². The number of imide groups is 1. The fraction of sp³-hybridized carbons (Fsp3) is 0.409. The van der Waals surface area contributed by atoms with Crippen molar-refractivity contribution in [1.82, 2.24) is 4.98 Å². The number of nitrogens with zero attached hydrogens (tertiary/aromatic N) is 2. The Morgan fingerprint density at radius 1 is 1.14 bits per heavy atom. The Labute approximate surface area is 163 Å². The first kappa shape index (κ1) is 17.2. The van der Waals surface area contributed by atoms with E-state index in [1.807, 2.05) is 19.1 Å². The van der Waals surface area contributed by atoms with Gasteiger partial charge in [0.05, 0.1) is 23.9 Å². The Bertz CT molecular complexity index is 1010. The van der Waals surface area contributed by atoms with E-state index in [9.17, 15) is 9.59 Å². The van der Waals surface area contributed by atoms with Crippen LogP contribution in [-0.4, -0.2) is 23.4 Å². The van der Waals surface area contributed by atoms with Crippen molar-refractivity contribution in [3.8, 4) is 17.4 Å². The molecule has 0 N–H and O–H groups in total. The van der Waals surface area contributed by atoms with Gasteiger partial charge < -0.3 is 9.47 Å². The van der Waals surface area contributed by atoms with Gasteiger partial charge in [0.15, 0.2) is 0 Å². The van der Waals surface area contributed by atoms with Crippen LogP contribution in [0.1, 0.15) is 44.2 Å². The van der Waals surface area contributed by atoms with E-state index in [0.29, 0.717) is 18.2 Å². The number of carbonyl (C=O) groups is 2. The molecule has 1 spiro atoms. The second-order valence-corrected chi connectivity index (χ2v) is 8.71. The number of hydrogen-bond donors (Lipinski definition) is 0. The molecule has 6 nitrogen and oxygen atoms in total. The van der Waals surface area contributed by atoms with Gasteiger partial charge in [0.1, 0.15) is 11.5 Å². The Morgan fingerprint density at radius 2 is 1.93 bits per heavy atom.